The van der Waals surface area contributed by atoms with Gasteiger partial charge in [-0.15, -0.1) is 10.2 Å². The standard InChI is InChI=1S/C6H10N6O/c7-4-1-2-12(3-4)6(13)5-8-10-11-9-5/h4H,1-3,7H2,(H,8,9,10,11)/t4-/m1/s1. The van der Waals surface area contributed by atoms with Gasteiger partial charge in [-0.05, 0) is 11.6 Å². The van der Waals surface area contributed by atoms with Crippen LogP contribution in [0.2, 0.25) is 0 Å². The van der Waals surface area contributed by atoms with E-state index < -0.39 is 0 Å². The Balaban J connectivity index is 2.06. The predicted molar refractivity (Wildman–Crippen MR) is 42.7 cm³/mol. The van der Waals surface area contributed by atoms with Crippen LogP contribution in [-0.2, 0) is 0 Å². The van der Waals surface area contributed by atoms with E-state index >= 15 is 0 Å². The molecule has 0 saturated carbocycles. The van der Waals surface area contributed by atoms with E-state index in [1.807, 2.05) is 0 Å². The Hall–Kier alpha value is -1.50. The first-order valence-electron chi connectivity index (χ1n) is 4.05. The second-order valence-electron chi connectivity index (χ2n) is 3.04. The van der Waals surface area contributed by atoms with Crippen LogP contribution in [0.1, 0.15) is 17.0 Å². The largest absolute Gasteiger partial charge is 0.334 e. The number of likely N-dealkylation sites (tertiary alicyclic amines) is 1. The van der Waals surface area contributed by atoms with Crippen LogP contribution in [0.15, 0.2) is 0 Å². The molecule has 0 unspecified atom stereocenters. The molecular weight excluding hydrogens is 172 g/mol. The minimum atomic E-state index is -0.207. The highest BCUT2D eigenvalue weighted by Gasteiger charge is 2.26. The van der Waals surface area contributed by atoms with Crippen LogP contribution < -0.4 is 5.73 Å². The van der Waals surface area contributed by atoms with Gasteiger partial charge in [0.2, 0.25) is 0 Å². The molecule has 1 aromatic rings. The van der Waals surface area contributed by atoms with Crippen LogP contribution in [0.5, 0.6) is 0 Å². The average Bonchev–Trinajstić information content (AvgIpc) is 2.72. The molecule has 1 fully saturated rings. The molecule has 1 atom stereocenters. The Morgan fingerprint density at radius 3 is 3.08 bits per heavy atom. The number of nitrogens with one attached hydrogen (secondary N) is 1. The maximum absolute atomic E-state index is 11.5. The van der Waals surface area contributed by atoms with Crippen molar-refractivity contribution in [2.45, 2.75) is 12.5 Å². The molecule has 0 spiro atoms. The molecule has 2 heterocycles. The molecule has 0 radical (unpaired) electrons. The van der Waals surface area contributed by atoms with Gasteiger partial charge < -0.3 is 10.6 Å². The van der Waals surface area contributed by atoms with Gasteiger partial charge in [0.25, 0.3) is 11.7 Å². The molecule has 1 aromatic heterocycles. The molecule has 7 heteroatoms. The third-order valence-corrected chi connectivity index (χ3v) is 2.05. The van der Waals surface area contributed by atoms with Crippen molar-refractivity contribution < 1.29 is 4.79 Å². The first-order valence-corrected chi connectivity index (χ1v) is 4.05. The predicted octanol–water partition coefficient (Wildman–Crippen LogP) is -1.63. The van der Waals surface area contributed by atoms with Crippen molar-refractivity contribution in [2.24, 2.45) is 5.73 Å². The Bertz CT molecular complexity index is 296. The number of nitrogens with two attached hydrogens (primary N) is 1. The Kier molecular flexibility index (Phi) is 1.93. The van der Waals surface area contributed by atoms with Gasteiger partial charge in [0.15, 0.2) is 0 Å². The Morgan fingerprint density at radius 1 is 1.69 bits per heavy atom. The summed E-state index contributed by atoms with van der Waals surface area (Å²) in [5.41, 5.74) is 5.66. The summed E-state index contributed by atoms with van der Waals surface area (Å²) >= 11 is 0. The lowest BCUT2D eigenvalue weighted by Gasteiger charge is -2.12. The lowest BCUT2D eigenvalue weighted by Crippen LogP contribution is -2.32. The molecule has 0 aromatic carbocycles. The Labute approximate surface area is 74.3 Å². The summed E-state index contributed by atoms with van der Waals surface area (Å²) in [6.07, 6.45) is 0.837. The van der Waals surface area contributed by atoms with Crippen molar-refractivity contribution in [1.29, 1.82) is 0 Å². The number of rotatable bonds is 1. The van der Waals surface area contributed by atoms with E-state index in [0.29, 0.717) is 13.1 Å². The van der Waals surface area contributed by atoms with Gasteiger partial charge in [0.05, 0.1) is 0 Å². The molecule has 1 aliphatic rings. The number of carbonyl (C=O) groups is 1. The van der Waals surface area contributed by atoms with Gasteiger partial charge in [-0.2, -0.15) is 5.21 Å². The summed E-state index contributed by atoms with van der Waals surface area (Å²) in [5.74, 6) is -0.101. The number of hydrogen-bond acceptors (Lipinski definition) is 5. The highest BCUT2D eigenvalue weighted by atomic mass is 16.2. The van der Waals surface area contributed by atoms with Gasteiger partial charge in [-0.1, -0.05) is 0 Å². The maximum atomic E-state index is 11.5. The van der Waals surface area contributed by atoms with Crippen LogP contribution in [0.4, 0.5) is 0 Å². The number of carbonyl (C=O) groups excluding carboxylic acids is 1. The zero-order valence-electron chi connectivity index (χ0n) is 6.97. The summed E-state index contributed by atoms with van der Waals surface area (Å²) in [5, 5.41) is 12.8. The molecule has 1 aliphatic heterocycles. The van der Waals surface area contributed by atoms with Crippen molar-refractivity contribution >= 4 is 5.91 Å². The fraction of sp³-hybridized carbons (Fsp3) is 0.667. The van der Waals surface area contributed by atoms with E-state index in [1.54, 1.807) is 4.90 Å². The summed E-state index contributed by atoms with van der Waals surface area (Å²) in [7, 11) is 0. The molecule has 1 amide bonds. The van der Waals surface area contributed by atoms with E-state index in [2.05, 4.69) is 20.6 Å². The van der Waals surface area contributed by atoms with Gasteiger partial charge in [-0.3, -0.25) is 4.79 Å². The van der Waals surface area contributed by atoms with Crippen molar-refractivity contribution in [3.05, 3.63) is 5.82 Å². The average molecular weight is 182 g/mol. The molecule has 13 heavy (non-hydrogen) atoms. The lowest BCUT2D eigenvalue weighted by molar-refractivity contribution is 0.0779. The van der Waals surface area contributed by atoms with Crippen LogP contribution in [0.25, 0.3) is 0 Å². The second-order valence-corrected chi connectivity index (χ2v) is 3.04. The normalized spacial score (nSPS) is 22.2. The molecule has 7 nitrogen and oxygen atoms in total. The van der Waals surface area contributed by atoms with Crippen molar-refractivity contribution in [3.8, 4) is 0 Å². The molecule has 2 rings (SSSR count). The number of hydrogen-bond donors (Lipinski definition) is 2. The summed E-state index contributed by atoms with van der Waals surface area (Å²) in [6.45, 7) is 1.25. The van der Waals surface area contributed by atoms with E-state index in [9.17, 15) is 4.79 Å². The molecule has 0 aliphatic carbocycles. The van der Waals surface area contributed by atoms with Crippen LogP contribution >= 0.6 is 0 Å². The summed E-state index contributed by atoms with van der Waals surface area (Å²) in [6, 6.07) is 0.0795. The third kappa shape index (κ3) is 1.50. The molecule has 3 N–H and O–H groups in total. The number of H-pyrrole nitrogens is 1. The van der Waals surface area contributed by atoms with Gasteiger partial charge >= 0.3 is 0 Å². The zero-order chi connectivity index (χ0) is 9.26. The van der Waals surface area contributed by atoms with Crippen molar-refractivity contribution in [1.82, 2.24) is 25.5 Å². The SMILES string of the molecule is N[C@@H]1CCN(C(=O)c2nn[nH]n2)C1. The van der Waals surface area contributed by atoms with E-state index in [-0.39, 0.29) is 17.8 Å². The highest BCUT2D eigenvalue weighted by molar-refractivity contribution is 5.90. The molecule has 0 bridgehead atoms. The summed E-state index contributed by atoms with van der Waals surface area (Å²) < 4.78 is 0. The van der Waals surface area contributed by atoms with Crippen LogP contribution in [0.3, 0.4) is 0 Å². The lowest BCUT2D eigenvalue weighted by atomic mass is 10.3. The van der Waals surface area contributed by atoms with Gasteiger partial charge in [-0.25, -0.2) is 0 Å². The minimum Gasteiger partial charge on any atom is -0.334 e. The second kappa shape index (κ2) is 3.09. The first kappa shape index (κ1) is 8.11. The number of tetrazole rings is 1. The molecule has 70 valence electrons. The fourth-order valence-corrected chi connectivity index (χ4v) is 1.37. The fourth-order valence-electron chi connectivity index (χ4n) is 1.37. The Morgan fingerprint density at radius 2 is 2.54 bits per heavy atom. The minimum absolute atomic E-state index is 0.0795. The quantitative estimate of drug-likeness (QED) is 0.543. The number of amides is 1. The number of nitrogens with zero attached hydrogens (tertiary/aromatic N) is 4. The highest BCUT2D eigenvalue weighted by Crippen LogP contribution is 2.08. The topological polar surface area (TPSA) is 101 Å². The van der Waals surface area contributed by atoms with Crippen molar-refractivity contribution in [3.63, 3.8) is 0 Å². The number of aromatic amines is 1. The van der Waals surface area contributed by atoms with Crippen LogP contribution in [0, 0.1) is 0 Å². The van der Waals surface area contributed by atoms with Crippen molar-refractivity contribution in [2.75, 3.05) is 13.1 Å². The van der Waals surface area contributed by atoms with E-state index in [0.717, 1.165) is 6.42 Å². The van der Waals surface area contributed by atoms with Crippen LogP contribution in [-0.4, -0.2) is 50.6 Å². The van der Waals surface area contributed by atoms with E-state index in [4.69, 9.17) is 5.73 Å². The first-order chi connectivity index (χ1) is 6.27. The number of aromatic nitrogens is 4. The third-order valence-electron chi connectivity index (χ3n) is 2.05. The van der Waals surface area contributed by atoms with E-state index in [1.165, 1.54) is 0 Å². The smallest absolute Gasteiger partial charge is 0.295 e. The maximum Gasteiger partial charge on any atom is 0.295 e. The summed E-state index contributed by atoms with van der Waals surface area (Å²) in [4.78, 5) is 13.2. The molecular formula is C6H10N6O. The zero-order valence-corrected chi connectivity index (χ0v) is 6.97. The van der Waals surface area contributed by atoms with Gasteiger partial charge in [0, 0.05) is 19.1 Å². The monoisotopic (exact) mass is 182 g/mol. The van der Waals surface area contributed by atoms with Gasteiger partial charge in [0.1, 0.15) is 0 Å². The molecule has 1 saturated heterocycles.